The number of nitrogens with one attached hydrogen (secondary N) is 1. The van der Waals surface area contributed by atoms with Crippen LogP contribution in [0.2, 0.25) is 0 Å². The van der Waals surface area contributed by atoms with Gasteiger partial charge in [0.15, 0.2) is 0 Å². The highest BCUT2D eigenvalue weighted by Gasteiger charge is 2.12. The van der Waals surface area contributed by atoms with Gasteiger partial charge in [0, 0.05) is 18.3 Å². The van der Waals surface area contributed by atoms with Crippen molar-refractivity contribution >= 4 is 11.6 Å². The van der Waals surface area contributed by atoms with Crippen LogP contribution in [0, 0.1) is 0 Å². The molecular weight excluding hydrogens is 348 g/mol. The van der Waals surface area contributed by atoms with Gasteiger partial charge in [-0.2, -0.15) is 0 Å². The molecule has 0 fully saturated rings. The normalized spacial score (nSPS) is 11.0. The van der Waals surface area contributed by atoms with E-state index in [1.807, 2.05) is 20.8 Å². The van der Waals surface area contributed by atoms with Crippen LogP contribution in [0.4, 0.5) is 5.69 Å². The van der Waals surface area contributed by atoms with E-state index < -0.39 is 0 Å². The summed E-state index contributed by atoms with van der Waals surface area (Å²) in [5.41, 5.74) is 0.746. The van der Waals surface area contributed by atoms with Crippen LogP contribution in [0.3, 0.4) is 0 Å². The Kier molecular flexibility index (Phi) is 7.01. The number of rotatable bonds is 8. The molecule has 2 aromatic rings. The Hall–Kier alpha value is -2.80. The maximum Gasteiger partial charge on any atom is 0.257 e. The van der Waals surface area contributed by atoms with Gasteiger partial charge >= 0.3 is 0 Å². The number of benzene rings is 1. The topological polar surface area (TPSA) is 78.9 Å². The minimum Gasteiger partial charge on any atom is -0.497 e. The lowest BCUT2D eigenvalue weighted by molar-refractivity contribution is -0.0168. The van der Waals surface area contributed by atoms with Gasteiger partial charge in [0.25, 0.3) is 5.91 Å². The molecule has 0 radical (unpaired) electrons. The Morgan fingerprint density at radius 1 is 1.07 bits per heavy atom. The van der Waals surface area contributed by atoms with Crippen LogP contribution in [0.1, 0.15) is 31.1 Å². The van der Waals surface area contributed by atoms with Gasteiger partial charge in [-0.25, -0.2) is 4.98 Å². The molecule has 1 N–H and O–H groups in total. The summed E-state index contributed by atoms with van der Waals surface area (Å²) in [6.45, 7) is 6.80. The third-order valence-electron chi connectivity index (χ3n) is 3.52. The van der Waals surface area contributed by atoms with Gasteiger partial charge in [-0.3, -0.25) is 4.79 Å². The van der Waals surface area contributed by atoms with Crippen LogP contribution in [0.15, 0.2) is 36.5 Å². The Balaban J connectivity index is 1.94. The molecule has 7 nitrogen and oxygen atoms in total. The summed E-state index contributed by atoms with van der Waals surface area (Å²) < 4.78 is 21.5. The molecule has 0 aliphatic rings. The van der Waals surface area contributed by atoms with Crippen molar-refractivity contribution in [3.05, 3.63) is 42.1 Å². The van der Waals surface area contributed by atoms with Crippen molar-refractivity contribution in [1.82, 2.24) is 4.98 Å². The van der Waals surface area contributed by atoms with Crippen molar-refractivity contribution in [1.29, 1.82) is 0 Å². The summed E-state index contributed by atoms with van der Waals surface area (Å²) in [5.74, 6) is 1.29. The van der Waals surface area contributed by atoms with E-state index in [-0.39, 0.29) is 11.5 Å². The van der Waals surface area contributed by atoms with Crippen LogP contribution in [-0.4, -0.2) is 43.9 Å². The first kappa shape index (κ1) is 20.5. The molecule has 27 heavy (non-hydrogen) atoms. The highest BCUT2D eigenvalue weighted by molar-refractivity contribution is 6.04. The van der Waals surface area contributed by atoms with E-state index in [0.29, 0.717) is 41.8 Å². The lowest BCUT2D eigenvalue weighted by Gasteiger charge is -2.19. The van der Waals surface area contributed by atoms with E-state index in [0.717, 1.165) is 0 Å². The maximum absolute atomic E-state index is 12.4. The van der Waals surface area contributed by atoms with Crippen molar-refractivity contribution in [2.75, 3.05) is 32.8 Å². The molecule has 1 aromatic heterocycles. The zero-order valence-corrected chi connectivity index (χ0v) is 16.4. The summed E-state index contributed by atoms with van der Waals surface area (Å²) in [6, 6.07) is 8.46. The average Bonchev–Trinajstić information content (AvgIpc) is 2.65. The summed E-state index contributed by atoms with van der Waals surface area (Å²) in [4.78, 5) is 16.6. The van der Waals surface area contributed by atoms with Gasteiger partial charge in [0.05, 0.1) is 37.7 Å². The lowest BCUT2D eigenvalue weighted by Crippen LogP contribution is -2.22. The Bertz CT molecular complexity index is 754. The number of hydrogen-bond donors (Lipinski definition) is 1. The first-order valence-corrected chi connectivity index (χ1v) is 8.58. The Labute approximate surface area is 159 Å². The minimum absolute atomic E-state index is 0.207. The summed E-state index contributed by atoms with van der Waals surface area (Å²) in [5, 5.41) is 2.80. The zero-order valence-electron chi connectivity index (χ0n) is 16.4. The van der Waals surface area contributed by atoms with Gasteiger partial charge in [0.1, 0.15) is 18.1 Å². The molecule has 0 aliphatic carbocycles. The highest BCUT2D eigenvalue weighted by Crippen LogP contribution is 2.29. The molecule has 1 amide bonds. The average molecular weight is 374 g/mol. The van der Waals surface area contributed by atoms with Gasteiger partial charge in [0.2, 0.25) is 5.88 Å². The third-order valence-corrected chi connectivity index (χ3v) is 3.52. The minimum atomic E-state index is -0.298. The predicted octanol–water partition coefficient (Wildman–Crippen LogP) is 3.55. The van der Waals surface area contributed by atoms with Gasteiger partial charge in [-0.15, -0.1) is 0 Å². The second-order valence-electron chi connectivity index (χ2n) is 6.71. The Morgan fingerprint density at radius 3 is 2.44 bits per heavy atom. The third kappa shape index (κ3) is 6.45. The van der Waals surface area contributed by atoms with E-state index in [9.17, 15) is 4.79 Å². The molecule has 0 saturated carbocycles. The quantitative estimate of drug-likeness (QED) is 0.712. The monoisotopic (exact) mass is 374 g/mol. The molecule has 0 unspecified atom stereocenters. The van der Waals surface area contributed by atoms with Crippen LogP contribution in [0.5, 0.6) is 17.4 Å². The van der Waals surface area contributed by atoms with Crippen LogP contribution in [-0.2, 0) is 4.74 Å². The predicted molar refractivity (Wildman–Crippen MR) is 103 cm³/mol. The van der Waals surface area contributed by atoms with Crippen molar-refractivity contribution < 1.29 is 23.7 Å². The van der Waals surface area contributed by atoms with Crippen LogP contribution in [0.25, 0.3) is 0 Å². The number of carbonyl (C=O) groups is 1. The fraction of sp³-hybridized carbons (Fsp3) is 0.400. The van der Waals surface area contributed by atoms with E-state index in [2.05, 4.69) is 10.3 Å². The van der Waals surface area contributed by atoms with E-state index in [4.69, 9.17) is 18.9 Å². The van der Waals surface area contributed by atoms with Crippen molar-refractivity contribution in [2.24, 2.45) is 0 Å². The fourth-order valence-corrected chi connectivity index (χ4v) is 2.19. The molecule has 1 aromatic carbocycles. The zero-order chi connectivity index (χ0) is 19.9. The Morgan fingerprint density at radius 2 is 1.85 bits per heavy atom. The SMILES string of the molecule is COc1ccc(NC(=O)c2ccc(OCCOC(C)(C)C)nc2)c(OC)c1. The molecule has 146 valence electrons. The molecule has 1 heterocycles. The van der Waals surface area contributed by atoms with Crippen molar-refractivity contribution in [3.63, 3.8) is 0 Å². The van der Waals surface area contributed by atoms with Gasteiger partial charge in [-0.1, -0.05) is 0 Å². The smallest absolute Gasteiger partial charge is 0.257 e. The number of hydrogen-bond acceptors (Lipinski definition) is 6. The number of carbonyl (C=O) groups excluding carboxylic acids is 1. The first-order chi connectivity index (χ1) is 12.8. The van der Waals surface area contributed by atoms with E-state index in [1.54, 1.807) is 37.4 Å². The molecule has 0 spiro atoms. The van der Waals surface area contributed by atoms with E-state index in [1.165, 1.54) is 13.3 Å². The molecular formula is C20H26N2O5. The lowest BCUT2D eigenvalue weighted by atomic mass is 10.2. The number of ether oxygens (including phenoxy) is 4. The molecule has 2 rings (SSSR count). The second-order valence-corrected chi connectivity index (χ2v) is 6.71. The number of nitrogens with zero attached hydrogens (tertiary/aromatic N) is 1. The molecule has 0 atom stereocenters. The van der Waals surface area contributed by atoms with Crippen LogP contribution < -0.4 is 19.5 Å². The summed E-state index contributed by atoms with van der Waals surface area (Å²) in [7, 11) is 3.10. The summed E-state index contributed by atoms with van der Waals surface area (Å²) >= 11 is 0. The molecule has 0 saturated heterocycles. The highest BCUT2D eigenvalue weighted by atomic mass is 16.5. The number of methoxy groups -OCH3 is 2. The van der Waals surface area contributed by atoms with Crippen molar-refractivity contribution in [2.45, 2.75) is 26.4 Å². The largest absolute Gasteiger partial charge is 0.497 e. The van der Waals surface area contributed by atoms with E-state index >= 15 is 0 Å². The van der Waals surface area contributed by atoms with Crippen LogP contribution >= 0.6 is 0 Å². The standard InChI is InChI=1S/C20H26N2O5/c1-20(2,3)27-11-10-26-18-9-6-14(13-21-18)19(23)22-16-8-7-15(24-4)12-17(16)25-5/h6-9,12-13H,10-11H2,1-5H3,(H,22,23). The molecule has 7 heteroatoms. The number of pyridine rings is 1. The van der Waals surface area contributed by atoms with Gasteiger partial charge < -0.3 is 24.3 Å². The number of anilines is 1. The number of aromatic nitrogens is 1. The molecule has 0 bridgehead atoms. The fourth-order valence-electron chi connectivity index (χ4n) is 2.19. The second kappa shape index (κ2) is 9.23. The first-order valence-electron chi connectivity index (χ1n) is 8.58. The summed E-state index contributed by atoms with van der Waals surface area (Å²) in [6.07, 6.45) is 1.46. The van der Waals surface area contributed by atoms with Crippen molar-refractivity contribution in [3.8, 4) is 17.4 Å². The maximum atomic E-state index is 12.4. The number of amides is 1. The molecule has 0 aliphatic heterocycles. The van der Waals surface area contributed by atoms with Gasteiger partial charge in [-0.05, 0) is 39.0 Å².